The molecule has 0 spiro atoms. The summed E-state index contributed by atoms with van der Waals surface area (Å²) in [5.41, 5.74) is 3.13. The summed E-state index contributed by atoms with van der Waals surface area (Å²) in [5.74, 6) is 0.158. The second kappa shape index (κ2) is 8.53. The third-order valence-corrected chi connectivity index (χ3v) is 5.38. The molecular weight excluding hydrogens is 414 g/mol. The largest absolute Gasteiger partial charge is 0.497 e. The van der Waals surface area contributed by atoms with Crippen LogP contribution in [0.2, 0.25) is 0 Å². The van der Waals surface area contributed by atoms with Crippen LogP contribution in [0.1, 0.15) is 23.7 Å². The standard InChI is InChI=1S/C23H19N3O4S/c1-14-7-9-16(10-8-14)21-25-20(22(28)30-21)11-17-13-31-23(24-17)26(15(2)27)18-5-4-6-19(12-18)29-3/h4-13H,1-3H3/b20-11+. The number of carbonyl (C=O) groups excluding carboxylic acids is 2. The predicted octanol–water partition coefficient (Wildman–Crippen LogP) is 4.49. The van der Waals surface area contributed by atoms with Gasteiger partial charge in [-0.05, 0) is 37.3 Å². The average molecular weight is 433 g/mol. The summed E-state index contributed by atoms with van der Waals surface area (Å²) in [6.07, 6.45) is 1.55. The lowest BCUT2D eigenvalue weighted by Crippen LogP contribution is -2.22. The van der Waals surface area contributed by atoms with Gasteiger partial charge in [0.05, 0.1) is 18.5 Å². The Morgan fingerprint density at radius 3 is 2.68 bits per heavy atom. The van der Waals surface area contributed by atoms with Crippen LogP contribution in [0.3, 0.4) is 0 Å². The summed E-state index contributed by atoms with van der Waals surface area (Å²) in [6.45, 7) is 3.44. The van der Waals surface area contributed by atoms with E-state index in [4.69, 9.17) is 9.47 Å². The van der Waals surface area contributed by atoms with Crippen molar-refractivity contribution in [1.82, 2.24) is 4.98 Å². The van der Waals surface area contributed by atoms with E-state index in [1.54, 1.807) is 42.8 Å². The van der Waals surface area contributed by atoms with Crippen molar-refractivity contribution in [2.45, 2.75) is 13.8 Å². The molecular formula is C23H19N3O4S. The molecule has 0 fully saturated rings. The molecule has 1 aromatic heterocycles. The molecule has 0 saturated carbocycles. The Morgan fingerprint density at radius 1 is 1.19 bits per heavy atom. The number of amides is 1. The van der Waals surface area contributed by atoms with Crippen LogP contribution in [-0.4, -0.2) is 29.9 Å². The van der Waals surface area contributed by atoms with Gasteiger partial charge in [-0.1, -0.05) is 23.8 Å². The summed E-state index contributed by atoms with van der Waals surface area (Å²) >= 11 is 1.29. The van der Waals surface area contributed by atoms with E-state index in [0.29, 0.717) is 22.3 Å². The molecule has 0 bridgehead atoms. The van der Waals surface area contributed by atoms with Crippen LogP contribution in [0, 0.1) is 6.92 Å². The van der Waals surface area contributed by atoms with Crippen LogP contribution in [0.15, 0.2) is 64.6 Å². The van der Waals surface area contributed by atoms with Crippen LogP contribution in [-0.2, 0) is 14.3 Å². The summed E-state index contributed by atoms with van der Waals surface area (Å²) in [4.78, 5) is 34.9. The molecule has 3 aromatic rings. The van der Waals surface area contributed by atoms with Gasteiger partial charge in [0.15, 0.2) is 10.8 Å². The minimum atomic E-state index is -0.540. The molecule has 2 aromatic carbocycles. The van der Waals surface area contributed by atoms with E-state index in [-0.39, 0.29) is 17.5 Å². The van der Waals surface area contributed by atoms with E-state index in [1.165, 1.54) is 23.2 Å². The maximum absolute atomic E-state index is 12.3. The molecule has 0 atom stereocenters. The molecule has 1 aliphatic heterocycles. The van der Waals surface area contributed by atoms with Crippen molar-refractivity contribution < 1.29 is 19.1 Å². The van der Waals surface area contributed by atoms with E-state index in [2.05, 4.69) is 9.98 Å². The molecule has 8 heteroatoms. The first-order valence-electron chi connectivity index (χ1n) is 9.44. The molecule has 1 amide bonds. The highest BCUT2D eigenvalue weighted by Gasteiger charge is 2.25. The quantitative estimate of drug-likeness (QED) is 0.437. The van der Waals surface area contributed by atoms with Gasteiger partial charge in [0.1, 0.15) is 5.75 Å². The molecule has 1 aliphatic rings. The van der Waals surface area contributed by atoms with Crippen molar-refractivity contribution in [3.8, 4) is 5.75 Å². The highest BCUT2D eigenvalue weighted by atomic mass is 32.1. The van der Waals surface area contributed by atoms with Gasteiger partial charge >= 0.3 is 5.97 Å². The maximum atomic E-state index is 12.3. The Kier molecular flexibility index (Phi) is 5.64. The van der Waals surface area contributed by atoms with Gasteiger partial charge in [-0.15, -0.1) is 11.3 Å². The first-order chi connectivity index (χ1) is 14.9. The third kappa shape index (κ3) is 4.39. The van der Waals surface area contributed by atoms with E-state index >= 15 is 0 Å². The van der Waals surface area contributed by atoms with Crippen molar-refractivity contribution in [3.05, 3.63) is 76.4 Å². The van der Waals surface area contributed by atoms with Crippen LogP contribution in [0.5, 0.6) is 5.75 Å². The van der Waals surface area contributed by atoms with Gasteiger partial charge in [0, 0.05) is 23.9 Å². The number of thiazole rings is 1. The Balaban J connectivity index is 1.63. The fraction of sp³-hybridized carbons (Fsp3) is 0.130. The number of aliphatic imine (C=N–C) groups is 1. The van der Waals surface area contributed by atoms with Crippen LogP contribution in [0.4, 0.5) is 10.8 Å². The Labute approximate surface area is 183 Å². The third-order valence-electron chi connectivity index (χ3n) is 4.53. The number of aromatic nitrogens is 1. The van der Waals surface area contributed by atoms with Gasteiger partial charge in [-0.3, -0.25) is 9.69 Å². The zero-order chi connectivity index (χ0) is 22.0. The van der Waals surface area contributed by atoms with Gasteiger partial charge in [-0.2, -0.15) is 0 Å². The molecule has 0 N–H and O–H groups in total. The SMILES string of the molecule is COc1cccc(N(C(C)=O)c2nc(/C=C3/N=C(c4ccc(C)cc4)OC3=O)cs2)c1. The number of carbonyl (C=O) groups is 2. The molecule has 0 aliphatic carbocycles. The normalized spacial score (nSPS) is 14.4. The number of anilines is 2. The van der Waals surface area contributed by atoms with Crippen molar-refractivity contribution in [2.75, 3.05) is 12.0 Å². The minimum Gasteiger partial charge on any atom is -0.497 e. The summed E-state index contributed by atoms with van der Waals surface area (Å²) in [6, 6.07) is 14.7. The molecule has 4 rings (SSSR count). The number of methoxy groups -OCH3 is 1. The molecule has 156 valence electrons. The fourth-order valence-electron chi connectivity index (χ4n) is 2.99. The second-order valence-corrected chi connectivity index (χ2v) is 7.65. The van der Waals surface area contributed by atoms with Gasteiger partial charge in [-0.25, -0.2) is 14.8 Å². The smallest absolute Gasteiger partial charge is 0.363 e. The van der Waals surface area contributed by atoms with Crippen molar-refractivity contribution in [3.63, 3.8) is 0 Å². The number of benzene rings is 2. The first-order valence-corrected chi connectivity index (χ1v) is 10.3. The lowest BCUT2D eigenvalue weighted by Gasteiger charge is -2.18. The summed E-state index contributed by atoms with van der Waals surface area (Å²) < 4.78 is 10.5. The highest BCUT2D eigenvalue weighted by Crippen LogP contribution is 2.32. The van der Waals surface area contributed by atoms with E-state index in [9.17, 15) is 9.59 Å². The Morgan fingerprint density at radius 2 is 1.97 bits per heavy atom. The first kappa shape index (κ1) is 20.5. The number of ether oxygens (including phenoxy) is 2. The molecule has 31 heavy (non-hydrogen) atoms. The maximum Gasteiger partial charge on any atom is 0.363 e. The lowest BCUT2D eigenvalue weighted by atomic mass is 10.1. The number of hydrogen-bond acceptors (Lipinski definition) is 7. The molecule has 7 nitrogen and oxygen atoms in total. The predicted molar refractivity (Wildman–Crippen MR) is 120 cm³/mol. The summed E-state index contributed by atoms with van der Waals surface area (Å²) in [5, 5.41) is 2.23. The zero-order valence-corrected chi connectivity index (χ0v) is 18.0. The topological polar surface area (TPSA) is 81.1 Å². The number of hydrogen-bond donors (Lipinski definition) is 0. The Bertz CT molecular complexity index is 1210. The number of cyclic esters (lactones) is 1. The molecule has 0 saturated heterocycles. The molecule has 2 heterocycles. The van der Waals surface area contributed by atoms with Gasteiger partial charge < -0.3 is 9.47 Å². The van der Waals surface area contributed by atoms with E-state index in [0.717, 1.165) is 11.1 Å². The van der Waals surface area contributed by atoms with E-state index in [1.807, 2.05) is 31.2 Å². The van der Waals surface area contributed by atoms with Crippen molar-refractivity contribution in [1.29, 1.82) is 0 Å². The molecule has 0 radical (unpaired) electrons. The lowest BCUT2D eigenvalue weighted by molar-refractivity contribution is -0.130. The van der Waals surface area contributed by atoms with Crippen molar-refractivity contribution in [2.24, 2.45) is 4.99 Å². The number of rotatable bonds is 5. The van der Waals surface area contributed by atoms with Gasteiger partial charge in [0.2, 0.25) is 11.8 Å². The average Bonchev–Trinajstić information content (AvgIpc) is 3.36. The highest BCUT2D eigenvalue weighted by molar-refractivity contribution is 7.14. The second-order valence-electron chi connectivity index (χ2n) is 6.81. The number of aryl methyl sites for hydroxylation is 1. The Hall–Kier alpha value is -3.78. The van der Waals surface area contributed by atoms with Crippen LogP contribution < -0.4 is 9.64 Å². The van der Waals surface area contributed by atoms with Crippen LogP contribution >= 0.6 is 11.3 Å². The zero-order valence-electron chi connectivity index (χ0n) is 17.2. The van der Waals surface area contributed by atoms with E-state index < -0.39 is 5.97 Å². The van der Waals surface area contributed by atoms with Crippen molar-refractivity contribution >= 4 is 46.0 Å². The number of esters is 1. The molecule has 0 unspecified atom stereocenters. The van der Waals surface area contributed by atoms with Gasteiger partial charge in [0.25, 0.3) is 0 Å². The minimum absolute atomic E-state index is 0.156. The number of nitrogens with zero attached hydrogens (tertiary/aromatic N) is 3. The summed E-state index contributed by atoms with van der Waals surface area (Å²) in [7, 11) is 1.57. The monoisotopic (exact) mass is 433 g/mol. The fourth-order valence-corrected chi connectivity index (χ4v) is 3.83. The van der Waals surface area contributed by atoms with Crippen LogP contribution in [0.25, 0.3) is 6.08 Å².